The van der Waals surface area contributed by atoms with Crippen LogP contribution in [0.3, 0.4) is 0 Å². The third-order valence-corrected chi connectivity index (χ3v) is 7.34. The molecule has 3 N–H and O–H groups in total. The van der Waals surface area contributed by atoms with Crippen molar-refractivity contribution in [2.75, 3.05) is 51.3 Å². The van der Waals surface area contributed by atoms with Crippen LogP contribution in [0.5, 0.6) is 0 Å². The molecule has 200 valence electrons. The van der Waals surface area contributed by atoms with Gasteiger partial charge in [0.2, 0.25) is 0 Å². The number of aromatic amines is 1. The van der Waals surface area contributed by atoms with Crippen molar-refractivity contribution in [3.05, 3.63) is 64.6 Å². The number of nitrogens with zero attached hydrogens (tertiary/aromatic N) is 2. The smallest absolute Gasteiger partial charge is 0.143 e. The van der Waals surface area contributed by atoms with E-state index in [1.54, 1.807) is 11.0 Å². The molecule has 10 heteroatoms. The first-order valence-corrected chi connectivity index (χ1v) is 12.6. The molecule has 2 atom stereocenters. The van der Waals surface area contributed by atoms with E-state index in [4.69, 9.17) is 0 Å². The highest BCUT2D eigenvalue weighted by Crippen LogP contribution is 2.41. The molecule has 2 aliphatic rings. The molecule has 0 aliphatic carbocycles. The van der Waals surface area contributed by atoms with Gasteiger partial charge in [0.05, 0.1) is 25.4 Å². The molecular weight excluding hydrogens is 491 g/mol. The number of aliphatic hydroxyl groups is 1. The first kappa shape index (κ1) is 25.9. The fraction of sp³-hybridized carbons (Fsp3) is 0.481. The van der Waals surface area contributed by atoms with Gasteiger partial charge in [-0.25, -0.2) is 17.6 Å². The number of nitrogens with one attached hydrogen (secondary N) is 2. The highest BCUT2D eigenvalue weighted by molar-refractivity contribution is 5.85. The Morgan fingerprint density at radius 2 is 1.86 bits per heavy atom. The SMILES string of the molecule is C[C@](F)(CO)CN1CCc2c([nH]c3cc(F)ccc23)[C@@H]1c1c(F)cc(NC2CN(CCCF)C2)cc1F. The van der Waals surface area contributed by atoms with Crippen LogP contribution in [0.15, 0.2) is 30.3 Å². The van der Waals surface area contributed by atoms with Crippen LogP contribution >= 0.6 is 0 Å². The number of aliphatic hydroxyl groups excluding tert-OH is 1. The summed E-state index contributed by atoms with van der Waals surface area (Å²) in [6.45, 7) is 2.15. The van der Waals surface area contributed by atoms with E-state index in [0.29, 0.717) is 55.9 Å². The average Bonchev–Trinajstić information content (AvgIpc) is 3.18. The van der Waals surface area contributed by atoms with Crippen LogP contribution in [0.4, 0.5) is 27.6 Å². The molecule has 5 nitrogen and oxygen atoms in total. The van der Waals surface area contributed by atoms with Crippen LogP contribution in [-0.4, -0.2) is 77.6 Å². The molecule has 37 heavy (non-hydrogen) atoms. The second-order valence-corrected chi connectivity index (χ2v) is 10.4. The standard InChI is InChI=1S/C27H31F5N4O/c1-27(32,15-37)14-36-8-5-20-19-4-3-16(29)9-23(19)34-25(20)26(36)24-21(30)10-17(11-22(24)31)33-18-12-35(13-18)7-2-6-28/h3-4,9-11,18,26,33-34,37H,2,5-8,12-15H2,1H3/t26-,27+/m0/s1. The Labute approximate surface area is 212 Å². The van der Waals surface area contributed by atoms with Crippen LogP contribution in [-0.2, 0) is 6.42 Å². The van der Waals surface area contributed by atoms with E-state index in [9.17, 15) is 18.3 Å². The molecule has 0 bridgehead atoms. The molecule has 3 aromatic rings. The summed E-state index contributed by atoms with van der Waals surface area (Å²) in [5.74, 6) is -2.01. The van der Waals surface area contributed by atoms with Crippen LogP contribution in [0.1, 0.15) is 36.2 Å². The molecule has 1 aromatic heterocycles. The monoisotopic (exact) mass is 522 g/mol. The summed E-state index contributed by atoms with van der Waals surface area (Å²) in [6, 6.07) is 5.78. The number of halogens is 5. The first-order valence-electron chi connectivity index (χ1n) is 12.6. The zero-order chi connectivity index (χ0) is 26.3. The highest BCUT2D eigenvalue weighted by atomic mass is 19.2. The normalized spacial score (nSPS) is 20.6. The Hall–Kier alpha value is -2.69. The molecule has 0 spiro atoms. The van der Waals surface area contributed by atoms with E-state index >= 15 is 8.78 Å². The first-order chi connectivity index (χ1) is 17.7. The average molecular weight is 523 g/mol. The lowest BCUT2D eigenvalue weighted by Gasteiger charge is -2.40. The minimum atomic E-state index is -1.99. The summed E-state index contributed by atoms with van der Waals surface area (Å²) in [5.41, 5.74) is -0.124. The second-order valence-electron chi connectivity index (χ2n) is 10.4. The van der Waals surface area contributed by atoms with E-state index in [1.807, 2.05) is 0 Å². The number of benzene rings is 2. The summed E-state index contributed by atoms with van der Waals surface area (Å²) >= 11 is 0. The predicted molar refractivity (Wildman–Crippen MR) is 133 cm³/mol. The Bertz CT molecular complexity index is 1250. The van der Waals surface area contributed by atoms with Gasteiger partial charge >= 0.3 is 0 Å². The molecule has 2 aliphatic heterocycles. The zero-order valence-corrected chi connectivity index (χ0v) is 20.6. The summed E-state index contributed by atoms with van der Waals surface area (Å²) < 4.78 is 72.5. The largest absolute Gasteiger partial charge is 0.393 e. The molecule has 1 saturated heterocycles. The lowest BCUT2D eigenvalue weighted by atomic mass is 9.90. The number of H-pyrrole nitrogens is 1. The van der Waals surface area contributed by atoms with E-state index in [1.165, 1.54) is 31.2 Å². The maximum atomic E-state index is 15.6. The van der Waals surface area contributed by atoms with Gasteiger partial charge in [0.25, 0.3) is 0 Å². The number of anilines is 1. The van der Waals surface area contributed by atoms with E-state index in [2.05, 4.69) is 15.2 Å². The Morgan fingerprint density at radius 1 is 1.14 bits per heavy atom. The maximum Gasteiger partial charge on any atom is 0.143 e. The minimum Gasteiger partial charge on any atom is -0.393 e. The molecule has 0 unspecified atom stereocenters. The topological polar surface area (TPSA) is 54.5 Å². The fourth-order valence-electron chi connectivity index (χ4n) is 5.58. The van der Waals surface area contributed by atoms with Gasteiger partial charge in [-0.3, -0.25) is 14.2 Å². The number of fused-ring (bicyclic) bond motifs is 3. The zero-order valence-electron chi connectivity index (χ0n) is 20.6. The molecule has 1 fully saturated rings. The number of hydrogen-bond acceptors (Lipinski definition) is 4. The number of likely N-dealkylation sites (tertiary alicyclic amines) is 1. The van der Waals surface area contributed by atoms with Crippen molar-refractivity contribution >= 4 is 16.6 Å². The van der Waals surface area contributed by atoms with Crippen molar-refractivity contribution in [1.29, 1.82) is 0 Å². The van der Waals surface area contributed by atoms with Gasteiger partial charge in [-0.2, -0.15) is 0 Å². The molecule has 0 saturated carbocycles. The van der Waals surface area contributed by atoms with Gasteiger partial charge in [0.1, 0.15) is 23.1 Å². The van der Waals surface area contributed by atoms with Crippen LogP contribution in [0.2, 0.25) is 0 Å². The summed E-state index contributed by atoms with van der Waals surface area (Å²) in [4.78, 5) is 6.81. The lowest BCUT2D eigenvalue weighted by molar-refractivity contribution is 0.0336. The van der Waals surface area contributed by atoms with Gasteiger partial charge in [-0.05, 0) is 55.7 Å². The molecule has 2 aromatic carbocycles. The molecule has 5 rings (SSSR count). The number of rotatable bonds is 9. The van der Waals surface area contributed by atoms with Crippen molar-refractivity contribution in [3.63, 3.8) is 0 Å². The van der Waals surface area contributed by atoms with Crippen molar-refractivity contribution < 1.29 is 27.1 Å². The van der Waals surface area contributed by atoms with Gasteiger partial charge in [-0.1, -0.05) is 0 Å². The fourth-order valence-corrected chi connectivity index (χ4v) is 5.58. The van der Waals surface area contributed by atoms with Crippen molar-refractivity contribution in [2.45, 2.75) is 37.5 Å². The number of aromatic nitrogens is 1. The summed E-state index contributed by atoms with van der Waals surface area (Å²) in [6.07, 6.45) is 0.932. The van der Waals surface area contributed by atoms with Crippen LogP contribution in [0.25, 0.3) is 10.9 Å². The van der Waals surface area contributed by atoms with Crippen molar-refractivity contribution in [1.82, 2.24) is 14.8 Å². The third kappa shape index (κ3) is 5.19. The van der Waals surface area contributed by atoms with Crippen molar-refractivity contribution in [2.24, 2.45) is 0 Å². The lowest BCUT2D eigenvalue weighted by Crippen LogP contribution is -2.54. The second kappa shape index (κ2) is 10.2. The van der Waals surface area contributed by atoms with Crippen LogP contribution < -0.4 is 5.32 Å². The summed E-state index contributed by atoms with van der Waals surface area (Å²) in [7, 11) is 0. The quantitative estimate of drug-likeness (QED) is 0.357. The molecule has 0 radical (unpaired) electrons. The van der Waals surface area contributed by atoms with Crippen molar-refractivity contribution in [3.8, 4) is 0 Å². The number of hydrogen-bond donors (Lipinski definition) is 3. The Balaban J connectivity index is 1.48. The van der Waals surface area contributed by atoms with E-state index < -0.39 is 35.8 Å². The van der Waals surface area contributed by atoms with E-state index in [0.717, 1.165) is 10.9 Å². The van der Waals surface area contributed by atoms with Gasteiger partial charge in [0, 0.05) is 60.6 Å². The van der Waals surface area contributed by atoms with Gasteiger partial charge < -0.3 is 15.4 Å². The van der Waals surface area contributed by atoms with Gasteiger partial charge in [0.15, 0.2) is 0 Å². The summed E-state index contributed by atoms with van der Waals surface area (Å²) in [5, 5.41) is 13.4. The maximum absolute atomic E-state index is 15.6. The van der Waals surface area contributed by atoms with Gasteiger partial charge in [-0.15, -0.1) is 0 Å². The highest BCUT2D eigenvalue weighted by Gasteiger charge is 2.39. The Kier molecular flexibility index (Phi) is 7.17. The Morgan fingerprint density at radius 3 is 2.54 bits per heavy atom. The third-order valence-electron chi connectivity index (χ3n) is 7.34. The molecule has 3 heterocycles. The predicted octanol–water partition coefficient (Wildman–Crippen LogP) is 4.71. The molecule has 0 amide bonds. The number of alkyl halides is 2. The molecular formula is C27H31F5N4O. The van der Waals surface area contributed by atoms with Crippen LogP contribution in [0, 0.1) is 17.5 Å². The minimum absolute atomic E-state index is 0.00226. The van der Waals surface area contributed by atoms with E-state index in [-0.39, 0.29) is 24.8 Å².